The molecular formula is C24H30N4O2S. The number of fused-ring (bicyclic) bond motifs is 1. The van der Waals surface area contributed by atoms with Crippen molar-refractivity contribution in [1.29, 1.82) is 0 Å². The summed E-state index contributed by atoms with van der Waals surface area (Å²) in [5.74, 6) is -0.0574. The predicted octanol–water partition coefficient (Wildman–Crippen LogP) is 2.74. The van der Waals surface area contributed by atoms with Gasteiger partial charge in [-0.1, -0.05) is 48.6 Å². The van der Waals surface area contributed by atoms with Gasteiger partial charge in [-0.25, -0.2) is 12.4 Å². The Kier molecular flexibility index (Phi) is 6.57. The lowest BCUT2D eigenvalue weighted by atomic mass is 10.1. The number of benzene rings is 2. The Labute approximate surface area is 184 Å². The summed E-state index contributed by atoms with van der Waals surface area (Å²) < 4.78 is 27.4. The predicted molar refractivity (Wildman–Crippen MR) is 127 cm³/mol. The van der Waals surface area contributed by atoms with Crippen molar-refractivity contribution in [1.82, 2.24) is 13.8 Å². The lowest BCUT2D eigenvalue weighted by Gasteiger charge is -2.32. The Morgan fingerprint density at radius 1 is 1.00 bits per heavy atom. The van der Waals surface area contributed by atoms with Crippen LogP contribution in [0.3, 0.4) is 0 Å². The van der Waals surface area contributed by atoms with Crippen molar-refractivity contribution in [2.75, 3.05) is 39.0 Å². The number of piperazine rings is 1. The summed E-state index contributed by atoms with van der Waals surface area (Å²) in [6, 6.07) is 15.7. The number of hydrogen-bond donors (Lipinski definition) is 1. The van der Waals surface area contributed by atoms with Crippen LogP contribution >= 0.6 is 0 Å². The Bertz CT molecular complexity index is 1160. The van der Waals surface area contributed by atoms with Gasteiger partial charge in [-0.15, -0.1) is 0 Å². The van der Waals surface area contributed by atoms with Crippen LogP contribution < -0.4 is 5.73 Å². The maximum Gasteiger partial charge on any atom is 0.242 e. The van der Waals surface area contributed by atoms with Crippen LogP contribution in [0.15, 0.2) is 60.8 Å². The molecule has 1 aromatic heterocycles. The number of aromatic nitrogens is 1. The van der Waals surface area contributed by atoms with Crippen LogP contribution in [0.4, 0.5) is 0 Å². The normalized spacial score (nSPS) is 16.5. The van der Waals surface area contributed by atoms with Gasteiger partial charge in [0, 0.05) is 50.9 Å². The summed E-state index contributed by atoms with van der Waals surface area (Å²) in [5.41, 5.74) is 9.55. The topological polar surface area (TPSA) is 71.6 Å². The highest BCUT2D eigenvalue weighted by atomic mass is 32.2. The molecule has 1 saturated heterocycles. The smallest absolute Gasteiger partial charge is 0.242 e. The average Bonchev–Trinajstić information content (AvgIpc) is 3.22. The van der Waals surface area contributed by atoms with Gasteiger partial charge in [0.05, 0.1) is 11.3 Å². The summed E-state index contributed by atoms with van der Waals surface area (Å²) in [5, 5.41) is 1.01. The molecule has 2 aromatic carbocycles. The molecule has 4 rings (SSSR count). The average molecular weight is 439 g/mol. The van der Waals surface area contributed by atoms with Gasteiger partial charge in [0.15, 0.2) is 0 Å². The largest absolute Gasteiger partial charge is 0.326 e. The van der Waals surface area contributed by atoms with Crippen molar-refractivity contribution < 1.29 is 8.42 Å². The minimum absolute atomic E-state index is 0.0574. The lowest BCUT2D eigenvalue weighted by molar-refractivity contribution is 0.148. The zero-order valence-corrected chi connectivity index (χ0v) is 18.8. The monoisotopic (exact) mass is 438 g/mol. The highest BCUT2D eigenvalue weighted by Gasteiger charge is 2.18. The second-order valence-electron chi connectivity index (χ2n) is 8.17. The summed E-state index contributed by atoms with van der Waals surface area (Å²) in [4.78, 5) is 4.76. The molecule has 0 spiro atoms. The standard InChI is InChI=1S/C24H30N4O2S/c1-26-13-15-27(16-14-26)19-22-5-2-6-24-23(22)11-12-28(24)31(29,30)17-3-4-20-7-9-21(18-25)10-8-20/h2-12H,13-19,25H2,1H3. The van der Waals surface area contributed by atoms with Gasteiger partial charge in [-0.3, -0.25) is 4.90 Å². The van der Waals surface area contributed by atoms with Crippen molar-refractivity contribution in [3.05, 3.63) is 77.5 Å². The van der Waals surface area contributed by atoms with E-state index in [0.717, 1.165) is 54.8 Å². The zero-order valence-electron chi connectivity index (χ0n) is 17.9. The van der Waals surface area contributed by atoms with Crippen LogP contribution in [0.25, 0.3) is 17.0 Å². The van der Waals surface area contributed by atoms with E-state index in [2.05, 4.69) is 22.9 Å². The van der Waals surface area contributed by atoms with Gasteiger partial charge in [-0.2, -0.15) is 0 Å². The Hall–Kier alpha value is -2.45. The molecule has 164 valence electrons. The van der Waals surface area contributed by atoms with Crippen molar-refractivity contribution in [2.45, 2.75) is 13.1 Å². The zero-order chi connectivity index (χ0) is 21.8. The van der Waals surface area contributed by atoms with Gasteiger partial charge in [0.2, 0.25) is 10.0 Å². The second-order valence-corrected chi connectivity index (χ2v) is 10.1. The summed E-state index contributed by atoms with van der Waals surface area (Å²) >= 11 is 0. The van der Waals surface area contributed by atoms with Crippen LogP contribution in [0, 0.1) is 0 Å². The van der Waals surface area contributed by atoms with E-state index in [1.165, 1.54) is 9.54 Å². The SMILES string of the molecule is CN1CCN(Cc2cccc3c2ccn3S(=O)(=O)CC=Cc2ccc(CN)cc2)CC1. The maximum atomic E-state index is 13.0. The van der Waals surface area contributed by atoms with Crippen molar-refractivity contribution in [3.8, 4) is 0 Å². The van der Waals surface area contributed by atoms with Gasteiger partial charge in [0.1, 0.15) is 0 Å². The fraction of sp³-hybridized carbons (Fsp3) is 0.333. The fourth-order valence-corrected chi connectivity index (χ4v) is 5.19. The third kappa shape index (κ3) is 5.07. The Balaban J connectivity index is 1.51. The summed E-state index contributed by atoms with van der Waals surface area (Å²) in [6.07, 6.45) is 5.21. The third-order valence-corrected chi connectivity index (χ3v) is 7.44. The van der Waals surface area contributed by atoms with E-state index in [1.807, 2.05) is 48.5 Å². The summed E-state index contributed by atoms with van der Waals surface area (Å²) in [6.45, 7) is 5.52. The first-order chi connectivity index (χ1) is 15.0. The molecule has 1 aliphatic heterocycles. The molecular weight excluding hydrogens is 408 g/mol. The van der Waals surface area contributed by atoms with Crippen LogP contribution in [-0.2, 0) is 23.1 Å². The first-order valence-corrected chi connectivity index (χ1v) is 12.3. The van der Waals surface area contributed by atoms with Gasteiger partial charge < -0.3 is 10.6 Å². The third-order valence-electron chi connectivity index (χ3n) is 5.91. The summed E-state index contributed by atoms with van der Waals surface area (Å²) in [7, 11) is -1.35. The quantitative estimate of drug-likeness (QED) is 0.614. The van der Waals surface area contributed by atoms with E-state index in [9.17, 15) is 8.42 Å². The molecule has 0 aliphatic carbocycles. The Morgan fingerprint density at radius 3 is 2.45 bits per heavy atom. The highest BCUT2D eigenvalue weighted by Crippen LogP contribution is 2.24. The van der Waals surface area contributed by atoms with E-state index in [-0.39, 0.29) is 5.75 Å². The fourth-order valence-electron chi connectivity index (χ4n) is 3.98. The molecule has 1 aliphatic rings. The molecule has 0 radical (unpaired) electrons. The highest BCUT2D eigenvalue weighted by molar-refractivity contribution is 7.90. The number of nitrogens with zero attached hydrogens (tertiary/aromatic N) is 3. The van der Waals surface area contributed by atoms with Gasteiger partial charge in [-0.05, 0) is 35.9 Å². The molecule has 0 amide bonds. The van der Waals surface area contributed by atoms with E-state index in [0.29, 0.717) is 6.54 Å². The number of rotatable bonds is 7. The van der Waals surface area contributed by atoms with Crippen LogP contribution in [-0.4, -0.2) is 61.2 Å². The minimum atomic E-state index is -3.49. The molecule has 31 heavy (non-hydrogen) atoms. The molecule has 0 atom stereocenters. The van der Waals surface area contributed by atoms with E-state index in [1.54, 1.807) is 12.3 Å². The van der Waals surface area contributed by atoms with Gasteiger partial charge in [0.25, 0.3) is 0 Å². The van der Waals surface area contributed by atoms with Crippen molar-refractivity contribution >= 4 is 27.0 Å². The van der Waals surface area contributed by atoms with E-state index in [4.69, 9.17) is 5.73 Å². The molecule has 1 fully saturated rings. The lowest BCUT2D eigenvalue weighted by Crippen LogP contribution is -2.43. The van der Waals surface area contributed by atoms with Crippen molar-refractivity contribution in [3.63, 3.8) is 0 Å². The van der Waals surface area contributed by atoms with E-state index >= 15 is 0 Å². The number of likely N-dealkylation sites (N-methyl/N-ethyl adjacent to an activating group) is 1. The molecule has 6 nitrogen and oxygen atoms in total. The molecule has 2 heterocycles. The molecule has 0 bridgehead atoms. The van der Waals surface area contributed by atoms with Crippen LogP contribution in [0.1, 0.15) is 16.7 Å². The second kappa shape index (κ2) is 9.36. The molecule has 7 heteroatoms. The van der Waals surface area contributed by atoms with Crippen molar-refractivity contribution in [2.24, 2.45) is 5.73 Å². The van der Waals surface area contributed by atoms with E-state index < -0.39 is 10.0 Å². The van der Waals surface area contributed by atoms with Crippen LogP contribution in [0.2, 0.25) is 0 Å². The molecule has 0 saturated carbocycles. The van der Waals surface area contributed by atoms with Gasteiger partial charge >= 0.3 is 0 Å². The molecule has 2 N–H and O–H groups in total. The Morgan fingerprint density at radius 2 is 1.74 bits per heavy atom. The minimum Gasteiger partial charge on any atom is -0.326 e. The molecule has 0 unspecified atom stereocenters. The number of nitrogens with two attached hydrogens (primary N) is 1. The number of hydrogen-bond acceptors (Lipinski definition) is 5. The first kappa shape index (κ1) is 21.8. The van der Waals surface area contributed by atoms with Crippen LogP contribution in [0.5, 0.6) is 0 Å². The first-order valence-electron chi connectivity index (χ1n) is 10.6. The maximum absolute atomic E-state index is 13.0. The molecule has 3 aromatic rings.